The number of H-pyrrole nitrogens is 1. The lowest BCUT2D eigenvalue weighted by Crippen LogP contribution is -2.31. The number of anilines is 1. The SMILES string of the molecule is C[C@@H](Nc1nc(-c2noc(=O)[nH]2)nc2nc(C3OCc4ccccc43)n(C[C@H]3CC[C@H](C)CC3)c12)C1CCC1. The lowest BCUT2D eigenvalue weighted by atomic mass is 9.80. The molecular weight excluding hydrogens is 494 g/mol. The molecule has 2 fully saturated rings. The highest BCUT2D eigenvalue weighted by Crippen LogP contribution is 2.40. The van der Waals surface area contributed by atoms with Crippen molar-refractivity contribution < 1.29 is 9.26 Å². The molecule has 0 spiro atoms. The van der Waals surface area contributed by atoms with E-state index in [2.05, 4.69) is 58.1 Å². The minimum Gasteiger partial charge on any atom is -0.365 e. The lowest BCUT2D eigenvalue weighted by Gasteiger charge is -2.32. The molecule has 7 rings (SSSR count). The molecule has 2 N–H and O–H groups in total. The maximum atomic E-state index is 11.7. The predicted molar refractivity (Wildman–Crippen MR) is 146 cm³/mol. The summed E-state index contributed by atoms with van der Waals surface area (Å²) >= 11 is 0. The minimum atomic E-state index is -0.639. The van der Waals surface area contributed by atoms with Crippen LogP contribution in [0.25, 0.3) is 22.8 Å². The van der Waals surface area contributed by atoms with Crippen LogP contribution < -0.4 is 11.1 Å². The maximum Gasteiger partial charge on any atom is 0.439 e. The first-order chi connectivity index (χ1) is 19.0. The second-order valence-corrected chi connectivity index (χ2v) is 11.7. The molecule has 1 unspecified atom stereocenters. The van der Waals surface area contributed by atoms with E-state index in [-0.39, 0.29) is 23.8 Å². The highest BCUT2D eigenvalue weighted by atomic mass is 16.5. The summed E-state index contributed by atoms with van der Waals surface area (Å²) in [5.41, 5.74) is 3.80. The van der Waals surface area contributed by atoms with Gasteiger partial charge in [0.2, 0.25) is 11.6 Å². The summed E-state index contributed by atoms with van der Waals surface area (Å²) in [4.78, 5) is 29.1. The van der Waals surface area contributed by atoms with Gasteiger partial charge >= 0.3 is 5.76 Å². The van der Waals surface area contributed by atoms with Crippen molar-refractivity contribution in [3.05, 3.63) is 51.8 Å². The Hall–Kier alpha value is -3.53. The van der Waals surface area contributed by atoms with Crippen molar-refractivity contribution in [1.82, 2.24) is 29.7 Å². The number of hydrogen-bond donors (Lipinski definition) is 2. The van der Waals surface area contributed by atoms with Gasteiger partial charge in [-0.15, -0.1) is 0 Å². The largest absolute Gasteiger partial charge is 0.439 e. The molecule has 3 aromatic heterocycles. The van der Waals surface area contributed by atoms with Crippen molar-refractivity contribution in [2.75, 3.05) is 5.32 Å². The van der Waals surface area contributed by atoms with Crippen LogP contribution in [0.4, 0.5) is 5.82 Å². The van der Waals surface area contributed by atoms with Crippen LogP contribution in [0.1, 0.15) is 81.8 Å². The number of nitrogens with zero attached hydrogens (tertiary/aromatic N) is 5. The van der Waals surface area contributed by atoms with E-state index in [1.54, 1.807) is 0 Å². The lowest BCUT2D eigenvalue weighted by molar-refractivity contribution is 0.0846. The van der Waals surface area contributed by atoms with Crippen molar-refractivity contribution in [2.45, 2.75) is 84.1 Å². The van der Waals surface area contributed by atoms with Crippen LogP contribution >= 0.6 is 0 Å². The van der Waals surface area contributed by atoms with Gasteiger partial charge < -0.3 is 14.6 Å². The van der Waals surface area contributed by atoms with Crippen molar-refractivity contribution >= 4 is 17.0 Å². The number of hydrogen-bond acceptors (Lipinski definition) is 8. The van der Waals surface area contributed by atoms with Gasteiger partial charge in [-0.1, -0.05) is 55.6 Å². The number of ether oxygens (including phenoxy) is 1. The van der Waals surface area contributed by atoms with Crippen LogP contribution in [0.15, 0.2) is 33.6 Å². The fourth-order valence-corrected chi connectivity index (χ4v) is 6.41. The molecule has 3 aliphatic rings. The van der Waals surface area contributed by atoms with Gasteiger partial charge in [0, 0.05) is 12.6 Å². The molecule has 204 valence electrons. The highest BCUT2D eigenvalue weighted by Gasteiger charge is 2.33. The molecule has 0 bridgehead atoms. The monoisotopic (exact) mass is 529 g/mol. The molecule has 1 aromatic carbocycles. The summed E-state index contributed by atoms with van der Waals surface area (Å²) < 4.78 is 13.4. The fraction of sp³-hybridized carbons (Fsp3) is 0.552. The van der Waals surface area contributed by atoms with Crippen molar-refractivity contribution in [3.8, 4) is 11.6 Å². The summed E-state index contributed by atoms with van der Waals surface area (Å²) in [5, 5.41) is 7.57. The normalized spacial score (nSPS) is 24.0. The van der Waals surface area contributed by atoms with Gasteiger partial charge in [-0.05, 0) is 61.5 Å². The summed E-state index contributed by atoms with van der Waals surface area (Å²) in [6.07, 6.45) is 8.31. The van der Waals surface area contributed by atoms with Crippen LogP contribution in [0, 0.1) is 17.8 Å². The molecular formula is C29H35N7O3. The molecule has 2 saturated carbocycles. The van der Waals surface area contributed by atoms with Crippen LogP contribution in [0.3, 0.4) is 0 Å². The number of rotatable bonds is 7. The van der Waals surface area contributed by atoms with E-state index in [0.717, 1.165) is 29.4 Å². The number of nitrogens with one attached hydrogen (secondary N) is 2. The van der Waals surface area contributed by atoms with E-state index in [0.29, 0.717) is 29.9 Å². The molecule has 0 amide bonds. The second-order valence-electron chi connectivity index (χ2n) is 11.7. The zero-order valence-corrected chi connectivity index (χ0v) is 22.5. The number of aromatic amines is 1. The zero-order valence-electron chi connectivity index (χ0n) is 22.5. The molecule has 1 aliphatic heterocycles. The van der Waals surface area contributed by atoms with Gasteiger partial charge in [0.25, 0.3) is 0 Å². The third-order valence-corrected chi connectivity index (χ3v) is 9.06. The molecule has 10 heteroatoms. The third kappa shape index (κ3) is 4.54. The van der Waals surface area contributed by atoms with Crippen LogP contribution in [0.2, 0.25) is 0 Å². The minimum absolute atomic E-state index is 0.195. The first-order valence-corrected chi connectivity index (χ1v) is 14.3. The first-order valence-electron chi connectivity index (χ1n) is 14.3. The average Bonchev–Trinajstić information content (AvgIpc) is 3.61. The van der Waals surface area contributed by atoms with E-state index in [1.165, 1.54) is 50.5 Å². The Kier molecular flexibility index (Phi) is 6.22. The van der Waals surface area contributed by atoms with Gasteiger partial charge in [0.15, 0.2) is 11.5 Å². The van der Waals surface area contributed by atoms with E-state index >= 15 is 0 Å². The van der Waals surface area contributed by atoms with Gasteiger partial charge in [-0.25, -0.2) is 19.7 Å². The predicted octanol–water partition coefficient (Wildman–Crippen LogP) is 5.22. The maximum absolute atomic E-state index is 11.7. The summed E-state index contributed by atoms with van der Waals surface area (Å²) in [6.45, 7) is 5.98. The summed E-state index contributed by atoms with van der Waals surface area (Å²) in [6, 6.07) is 8.61. The standard InChI is InChI=1S/C29H35N7O3/c1-16-10-12-18(13-11-16)14-36-22-24(30-17(2)19-7-5-8-19)31-26(27-34-29(37)39-35-27)32-25(22)33-28(36)23-21-9-4-3-6-20(21)15-38-23/h3-4,6,9,16-19,23H,5,7-8,10-15H2,1-2H3,(H,30,31,32)(H,34,35,37)/t16-,17-,18-,23?/m1/s1. The molecule has 39 heavy (non-hydrogen) atoms. The zero-order chi connectivity index (χ0) is 26.5. The average molecular weight is 530 g/mol. The number of benzene rings is 1. The van der Waals surface area contributed by atoms with E-state index < -0.39 is 5.76 Å². The second kappa shape index (κ2) is 9.89. The van der Waals surface area contributed by atoms with Gasteiger partial charge in [-0.3, -0.25) is 9.51 Å². The molecule has 4 heterocycles. The fourth-order valence-electron chi connectivity index (χ4n) is 6.41. The third-order valence-electron chi connectivity index (χ3n) is 9.06. The van der Waals surface area contributed by atoms with Crippen LogP contribution in [0.5, 0.6) is 0 Å². The quantitative estimate of drug-likeness (QED) is 0.334. The van der Waals surface area contributed by atoms with Gasteiger partial charge in [0.1, 0.15) is 17.4 Å². The highest BCUT2D eigenvalue weighted by molar-refractivity contribution is 5.86. The van der Waals surface area contributed by atoms with Crippen LogP contribution in [-0.2, 0) is 17.9 Å². The Bertz CT molecular complexity index is 1540. The summed E-state index contributed by atoms with van der Waals surface area (Å²) in [7, 11) is 0. The Labute approximate surface area is 226 Å². The van der Waals surface area contributed by atoms with Crippen LogP contribution in [-0.4, -0.2) is 35.7 Å². The van der Waals surface area contributed by atoms with E-state index in [1.807, 2.05) is 0 Å². The summed E-state index contributed by atoms with van der Waals surface area (Å²) in [5.74, 6) is 3.35. The molecule has 0 saturated heterocycles. The molecule has 0 radical (unpaired) electrons. The number of fused-ring (bicyclic) bond motifs is 2. The Morgan fingerprint density at radius 2 is 1.92 bits per heavy atom. The van der Waals surface area contributed by atoms with Crippen molar-refractivity contribution in [1.29, 1.82) is 0 Å². The molecule has 4 aromatic rings. The smallest absolute Gasteiger partial charge is 0.365 e. The van der Waals surface area contributed by atoms with Crippen molar-refractivity contribution in [3.63, 3.8) is 0 Å². The van der Waals surface area contributed by atoms with Gasteiger partial charge in [0.05, 0.1) is 6.61 Å². The molecule has 10 nitrogen and oxygen atoms in total. The number of imidazole rings is 1. The van der Waals surface area contributed by atoms with Gasteiger partial charge in [-0.2, -0.15) is 0 Å². The Morgan fingerprint density at radius 1 is 1.10 bits per heavy atom. The van der Waals surface area contributed by atoms with Crippen molar-refractivity contribution in [2.24, 2.45) is 17.8 Å². The number of aromatic nitrogens is 6. The van der Waals surface area contributed by atoms with E-state index in [9.17, 15) is 4.79 Å². The molecule has 2 atom stereocenters. The Morgan fingerprint density at radius 3 is 2.67 bits per heavy atom. The Balaban J connectivity index is 1.39. The molecule has 2 aliphatic carbocycles. The first kappa shape index (κ1) is 24.5. The van der Waals surface area contributed by atoms with E-state index in [4.69, 9.17) is 24.2 Å². The topological polar surface area (TPSA) is 124 Å².